The van der Waals surface area contributed by atoms with E-state index in [0.717, 1.165) is 22.4 Å². The van der Waals surface area contributed by atoms with Crippen LogP contribution in [0.3, 0.4) is 0 Å². The summed E-state index contributed by atoms with van der Waals surface area (Å²) in [5.74, 6) is 0.277. The second kappa shape index (κ2) is 10.9. The highest BCUT2D eigenvalue weighted by molar-refractivity contribution is 5.91. The van der Waals surface area contributed by atoms with Gasteiger partial charge in [0.05, 0.1) is 34.4 Å². The predicted octanol–water partition coefficient (Wildman–Crippen LogP) is 6.25. The average molecular weight is 485 g/mol. The van der Waals surface area contributed by atoms with Crippen LogP contribution >= 0.6 is 0 Å². The van der Waals surface area contributed by atoms with Crippen LogP contribution < -0.4 is 10.6 Å². The Kier molecular flexibility index (Phi) is 7.44. The van der Waals surface area contributed by atoms with Gasteiger partial charge in [-0.25, -0.2) is 19.6 Å². The second-order valence-corrected chi connectivity index (χ2v) is 8.72. The van der Waals surface area contributed by atoms with E-state index < -0.39 is 0 Å². The number of rotatable bonds is 8. The van der Waals surface area contributed by atoms with Gasteiger partial charge in [-0.2, -0.15) is 0 Å². The molecule has 0 radical (unpaired) electrons. The molecule has 0 fully saturated rings. The van der Waals surface area contributed by atoms with Crippen molar-refractivity contribution in [3.8, 4) is 0 Å². The highest BCUT2D eigenvalue weighted by Gasteiger charge is 2.13. The summed E-state index contributed by atoms with van der Waals surface area (Å²) in [6.07, 6.45) is -0.376. The van der Waals surface area contributed by atoms with Crippen LogP contribution in [-0.2, 0) is 9.47 Å². The molecule has 0 aliphatic carbocycles. The number of anilines is 4. The van der Waals surface area contributed by atoms with Crippen LogP contribution in [0.2, 0.25) is 0 Å². The van der Waals surface area contributed by atoms with Gasteiger partial charge < -0.3 is 20.1 Å². The monoisotopic (exact) mass is 484 g/mol. The summed E-state index contributed by atoms with van der Waals surface area (Å²) >= 11 is 0. The molecule has 1 heterocycles. The molecular weight excluding hydrogens is 456 g/mol. The number of aromatic nitrogens is 2. The minimum atomic E-state index is -0.370. The van der Waals surface area contributed by atoms with Crippen LogP contribution in [-0.4, -0.2) is 34.1 Å². The molecule has 8 heteroatoms. The zero-order valence-corrected chi connectivity index (χ0v) is 20.6. The van der Waals surface area contributed by atoms with E-state index in [-0.39, 0.29) is 24.1 Å². The summed E-state index contributed by atoms with van der Waals surface area (Å²) in [5, 5.41) is 6.56. The molecule has 8 nitrogen and oxygen atoms in total. The third-order valence-corrected chi connectivity index (χ3v) is 5.02. The van der Waals surface area contributed by atoms with Crippen molar-refractivity contribution in [1.29, 1.82) is 0 Å². The molecule has 3 aromatic carbocycles. The number of carbonyl (C=O) groups excluding carboxylic acids is 2. The van der Waals surface area contributed by atoms with Gasteiger partial charge in [-0.05, 0) is 88.4 Å². The van der Waals surface area contributed by atoms with Gasteiger partial charge in [0.15, 0.2) is 11.6 Å². The molecule has 0 spiro atoms. The normalized spacial score (nSPS) is 10.9. The number of fused-ring (bicyclic) bond motifs is 1. The van der Waals surface area contributed by atoms with E-state index in [4.69, 9.17) is 19.4 Å². The number of esters is 2. The first-order chi connectivity index (χ1) is 17.3. The zero-order chi connectivity index (χ0) is 25.7. The molecule has 0 aliphatic rings. The maximum Gasteiger partial charge on any atom is 0.338 e. The highest BCUT2D eigenvalue weighted by Crippen LogP contribution is 2.28. The number of hydrogen-bond donors (Lipinski definition) is 2. The van der Waals surface area contributed by atoms with Gasteiger partial charge in [-0.15, -0.1) is 0 Å². The molecule has 0 aliphatic heterocycles. The second-order valence-electron chi connectivity index (χ2n) is 8.72. The summed E-state index contributed by atoms with van der Waals surface area (Å²) in [6.45, 7) is 7.24. The fourth-order valence-electron chi connectivity index (χ4n) is 3.39. The molecule has 0 atom stereocenters. The largest absolute Gasteiger partial charge is 0.459 e. The van der Waals surface area contributed by atoms with Gasteiger partial charge in [-0.3, -0.25) is 0 Å². The number of carbonyl (C=O) groups is 2. The summed E-state index contributed by atoms with van der Waals surface area (Å²) in [4.78, 5) is 33.8. The molecule has 0 unspecified atom stereocenters. The Balaban J connectivity index is 1.59. The van der Waals surface area contributed by atoms with E-state index in [2.05, 4.69) is 10.6 Å². The number of nitrogens with zero attached hydrogens (tertiary/aromatic N) is 2. The third-order valence-electron chi connectivity index (χ3n) is 5.02. The Bertz CT molecular complexity index is 1260. The van der Waals surface area contributed by atoms with Crippen LogP contribution in [0.25, 0.3) is 11.0 Å². The van der Waals surface area contributed by atoms with Crippen molar-refractivity contribution in [2.75, 3.05) is 10.6 Å². The first kappa shape index (κ1) is 24.7. The third kappa shape index (κ3) is 6.15. The van der Waals surface area contributed by atoms with E-state index >= 15 is 0 Å². The Morgan fingerprint density at radius 2 is 0.972 bits per heavy atom. The quantitative estimate of drug-likeness (QED) is 0.283. The van der Waals surface area contributed by atoms with Gasteiger partial charge in [0, 0.05) is 11.4 Å². The van der Waals surface area contributed by atoms with Crippen LogP contribution in [0, 0.1) is 0 Å². The van der Waals surface area contributed by atoms with Gasteiger partial charge in [-0.1, -0.05) is 12.1 Å². The lowest BCUT2D eigenvalue weighted by atomic mass is 10.2. The Morgan fingerprint density at radius 3 is 1.31 bits per heavy atom. The highest BCUT2D eigenvalue weighted by atomic mass is 16.5. The lowest BCUT2D eigenvalue weighted by molar-refractivity contribution is 0.0367. The number of benzene rings is 3. The van der Waals surface area contributed by atoms with Crippen molar-refractivity contribution >= 4 is 46.0 Å². The molecule has 4 rings (SSSR count). The maximum atomic E-state index is 12.1. The van der Waals surface area contributed by atoms with Gasteiger partial charge in [0.25, 0.3) is 0 Å². The Morgan fingerprint density at radius 1 is 0.611 bits per heavy atom. The average Bonchev–Trinajstić information content (AvgIpc) is 2.84. The van der Waals surface area contributed by atoms with Crippen molar-refractivity contribution in [2.45, 2.75) is 39.9 Å². The zero-order valence-electron chi connectivity index (χ0n) is 20.6. The van der Waals surface area contributed by atoms with E-state index in [9.17, 15) is 9.59 Å². The minimum absolute atomic E-state index is 0.188. The standard InChI is InChI=1S/C28H28N4O4/c1-17(2)35-27(33)19-9-13-21(14-10-19)29-25-26(32-24-8-6-5-7-23(24)31-25)30-22-15-11-20(12-16-22)28(34)36-18(3)4/h5-18H,1-4H3,(H,29,31)(H,30,32). The minimum Gasteiger partial charge on any atom is -0.459 e. The number of nitrogens with one attached hydrogen (secondary N) is 2. The van der Waals surface area contributed by atoms with Gasteiger partial charge >= 0.3 is 11.9 Å². The van der Waals surface area contributed by atoms with Crippen molar-refractivity contribution in [3.63, 3.8) is 0 Å². The van der Waals surface area contributed by atoms with Gasteiger partial charge in [0.1, 0.15) is 0 Å². The number of ether oxygens (including phenoxy) is 2. The van der Waals surface area contributed by atoms with Crippen LogP contribution in [0.1, 0.15) is 48.4 Å². The van der Waals surface area contributed by atoms with E-state index in [1.165, 1.54) is 0 Å². The molecule has 0 saturated heterocycles. The number of hydrogen-bond acceptors (Lipinski definition) is 8. The predicted molar refractivity (Wildman–Crippen MR) is 140 cm³/mol. The summed E-state index contributed by atoms with van der Waals surface area (Å²) in [5.41, 5.74) is 3.86. The topological polar surface area (TPSA) is 102 Å². The Hall–Kier alpha value is -4.46. The molecule has 4 aromatic rings. The molecule has 2 N–H and O–H groups in total. The molecule has 1 aromatic heterocycles. The van der Waals surface area contributed by atoms with Crippen molar-refractivity contribution < 1.29 is 19.1 Å². The smallest absolute Gasteiger partial charge is 0.338 e. The SMILES string of the molecule is CC(C)OC(=O)c1ccc(Nc2nc3ccccc3nc2Nc2ccc(C(=O)OC(C)C)cc2)cc1. The molecule has 0 bridgehead atoms. The summed E-state index contributed by atoms with van der Waals surface area (Å²) < 4.78 is 10.5. The Labute approximate surface area is 209 Å². The molecule has 36 heavy (non-hydrogen) atoms. The van der Waals surface area contributed by atoms with Crippen molar-refractivity contribution in [2.24, 2.45) is 0 Å². The molecular formula is C28H28N4O4. The summed E-state index contributed by atoms with van der Waals surface area (Å²) in [7, 11) is 0. The fraction of sp³-hybridized carbons (Fsp3) is 0.214. The fourth-order valence-corrected chi connectivity index (χ4v) is 3.39. The lowest BCUT2D eigenvalue weighted by Gasteiger charge is -2.14. The van der Waals surface area contributed by atoms with Crippen LogP contribution in [0.4, 0.5) is 23.0 Å². The van der Waals surface area contributed by atoms with Crippen molar-refractivity contribution in [3.05, 3.63) is 83.9 Å². The first-order valence-electron chi connectivity index (χ1n) is 11.7. The number of para-hydroxylation sites is 2. The summed E-state index contributed by atoms with van der Waals surface area (Å²) in [6, 6.07) is 21.5. The van der Waals surface area contributed by atoms with Crippen LogP contribution in [0.5, 0.6) is 0 Å². The van der Waals surface area contributed by atoms with Crippen molar-refractivity contribution in [1.82, 2.24) is 9.97 Å². The first-order valence-corrected chi connectivity index (χ1v) is 11.7. The molecule has 0 amide bonds. The maximum absolute atomic E-state index is 12.1. The van der Waals surface area contributed by atoms with E-state index in [0.29, 0.717) is 22.8 Å². The van der Waals surface area contributed by atoms with E-state index in [1.54, 1.807) is 48.5 Å². The molecule has 0 saturated carbocycles. The lowest BCUT2D eigenvalue weighted by Crippen LogP contribution is -2.11. The van der Waals surface area contributed by atoms with Crippen LogP contribution in [0.15, 0.2) is 72.8 Å². The van der Waals surface area contributed by atoms with E-state index in [1.807, 2.05) is 52.0 Å². The van der Waals surface area contributed by atoms with Gasteiger partial charge in [0.2, 0.25) is 0 Å². The molecule has 184 valence electrons.